The second-order valence-electron chi connectivity index (χ2n) is 3.15. The zero-order valence-electron chi connectivity index (χ0n) is 6.19. The predicted molar refractivity (Wildman–Crippen MR) is 37.5 cm³/mol. The highest BCUT2D eigenvalue weighted by Gasteiger charge is 2.35. The Kier molecular flexibility index (Phi) is 1.49. The summed E-state index contributed by atoms with van der Waals surface area (Å²) in [6.45, 7) is 1.12. The van der Waals surface area contributed by atoms with Crippen LogP contribution < -0.4 is 0 Å². The third kappa shape index (κ3) is 1.18. The van der Waals surface area contributed by atoms with Crippen LogP contribution in [0.2, 0.25) is 0 Å². The normalized spacial score (nSPS) is 35.8. The van der Waals surface area contributed by atoms with Gasteiger partial charge in [0.05, 0.1) is 25.3 Å². The molecule has 0 unspecified atom stereocenters. The average molecular weight is 157 g/mol. The van der Waals surface area contributed by atoms with Crippen molar-refractivity contribution in [3.63, 3.8) is 0 Å². The molecule has 0 radical (unpaired) electrons. The molecule has 0 aromatic carbocycles. The molecule has 2 atom stereocenters. The minimum atomic E-state index is -0.815. The van der Waals surface area contributed by atoms with Crippen molar-refractivity contribution in [1.82, 2.24) is 4.90 Å². The van der Waals surface area contributed by atoms with Crippen LogP contribution in [0.15, 0.2) is 0 Å². The van der Waals surface area contributed by atoms with Crippen molar-refractivity contribution in [2.75, 3.05) is 13.1 Å². The molecule has 2 heterocycles. The van der Waals surface area contributed by atoms with Gasteiger partial charge in [-0.15, -0.1) is 0 Å². The summed E-state index contributed by atoms with van der Waals surface area (Å²) >= 11 is 0. The summed E-state index contributed by atoms with van der Waals surface area (Å²) in [6, 6.07) is 0. The fourth-order valence-corrected chi connectivity index (χ4v) is 1.77. The number of carbonyl (C=O) groups is 1. The SMILES string of the molecule is O=C(O)N1C[C@H]2CC[C@@H](C1)O2. The lowest BCUT2D eigenvalue weighted by Gasteiger charge is -2.29. The second kappa shape index (κ2) is 2.37. The topological polar surface area (TPSA) is 49.8 Å². The van der Waals surface area contributed by atoms with Gasteiger partial charge in [-0.3, -0.25) is 0 Å². The van der Waals surface area contributed by atoms with E-state index in [0.717, 1.165) is 12.8 Å². The first-order valence-corrected chi connectivity index (χ1v) is 3.89. The monoisotopic (exact) mass is 157 g/mol. The van der Waals surface area contributed by atoms with Crippen molar-refractivity contribution in [1.29, 1.82) is 0 Å². The van der Waals surface area contributed by atoms with E-state index in [0.29, 0.717) is 13.1 Å². The maximum atomic E-state index is 10.5. The third-order valence-electron chi connectivity index (χ3n) is 2.31. The third-order valence-corrected chi connectivity index (χ3v) is 2.31. The van der Waals surface area contributed by atoms with Crippen LogP contribution in [0.5, 0.6) is 0 Å². The van der Waals surface area contributed by atoms with E-state index in [1.54, 1.807) is 0 Å². The molecule has 2 saturated heterocycles. The summed E-state index contributed by atoms with van der Waals surface area (Å²) in [6.07, 6.45) is 1.57. The van der Waals surface area contributed by atoms with Crippen LogP contribution in [0.1, 0.15) is 12.8 Å². The first kappa shape index (κ1) is 6.91. The number of nitrogens with zero attached hydrogens (tertiary/aromatic N) is 1. The van der Waals surface area contributed by atoms with E-state index in [2.05, 4.69) is 0 Å². The largest absolute Gasteiger partial charge is 0.465 e. The first-order chi connectivity index (χ1) is 5.25. The van der Waals surface area contributed by atoms with Crippen LogP contribution in [0, 0.1) is 0 Å². The van der Waals surface area contributed by atoms with Crippen LogP contribution in [-0.2, 0) is 4.74 Å². The van der Waals surface area contributed by atoms with Crippen LogP contribution in [0.25, 0.3) is 0 Å². The summed E-state index contributed by atoms with van der Waals surface area (Å²) in [5, 5.41) is 8.67. The highest BCUT2D eigenvalue weighted by molar-refractivity contribution is 5.65. The van der Waals surface area contributed by atoms with E-state index in [-0.39, 0.29) is 12.2 Å². The lowest BCUT2D eigenvalue weighted by Crippen LogP contribution is -2.45. The van der Waals surface area contributed by atoms with E-state index < -0.39 is 6.09 Å². The Morgan fingerprint density at radius 3 is 2.36 bits per heavy atom. The highest BCUT2D eigenvalue weighted by atomic mass is 16.5. The summed E-state index contributed by atoms with van der Waals surface area (Å²) in [5.41, 5.74) is 0. The molecule has 4 nitrogen and oxygen atoms in total. The van der Waals surface area contributed by atoms with Crippen molar-refractivity contribution in [3.05, 3.63) is 0 Å². The molecule has 0 aromatic rings. The molecule has 0 aromatic heterocycles. The van der Waals surface area contributed by atoms with Gasteiger partial charge in [-0.05, 0) is 12.8 Å². The molecule has 0 saturated carbocycles. The molecule has 0 aliphatic carbocycles. The molecule has 0 spiro atoms. The molecule has 11 heavy (non-hydrogen) atoms. The lowest BCUT2D eigenvalue weighted by molar-refractivity contribution is -0.0311. The average Bonchev–Trinajstić information content (AvgIpc) is 2.30. The van der Waals surface area contributed by atoms with E-state index in [1.807, 2.05) is 0 Å². The number of carboxylic acid groups (broad SMARTS) is 1. The predicted octanol–water partition coefficient (Wildman–Crippen LogP) is 0.528. The van der Waals surface area contributed by atoms with Gasteiger partial charge in [0.2, 0.25) is 0 Å². The van der Waals surface area contributed by atoms with Crippen molar-refractivity contribution in [3.8, 4) is 0 Å². The number of ether oxygens (including phenoxy) is 1. The second-order valence-corrected chi connectivity index (χ2v) is 3.15. The van der Waals surface area contributed by atoms with Gasteiger partial charge in [0.15, 0.2) is 0 Å². The molecular weight excluding hydrogens is 146 g/mol. The summed E-state index contributed by atoms with van der Waals surface area (Å²) < 4.78 is 5.47. The number of likely N-dealkylation sites (tertiary alicyclic amines) is 1. The van der Waals surface area contributed by atoms with Crippen LogP contribution >= 0.6 is 0 Å². The molecule has 2 aliphatic rings. The Morgan fingerprint density at radius 2 is 1.91 bits per heavy atom. The van der Waals surface area contributed by atoms with Crippen LogP contribution in [-0.4, -0.2) is 41.4 Å². The first-order valence-electron chi connectivity index (χ1n) is 3.89. The van der Waals surface area contributed by atoms with Gasteiger partial charge in [-0.1, -0.05) is 0 Å². The van der Waals surface area contributed by atoms with E-state index >= 15 is 0 Å². The lowest BCUT2D eigenvalue weighted by atomic mass is 10.2. The van der Waals surface area contributed by atoms with Crippen molar-refractivity contribution < 1.29 is 14.6 Å². The Balaban J connectivity index is 2.02. The van der Waals surface area contributed by atoms with Crippen molar-refractivity contribution in [2.45, 2.75) is 25.0 Å². The zero-order valence-corrected chi connectivity index (χ0v) is 6.19. The maximum Gasteiger partial charge on any atom is 0.407 e. The number of morpholine rings is 1. The van der Waals surface area contributed by atoms with E-state index in [1.165, 1.54) is 4.90 Å². The van der Waals surface area contributed by atoms with E-state index in [9.17, 15) is 4.79 Å². The standard InChI is InChI=1S/C7H11NO3/c9-7(10)8-3-5-1-2-6(4-8)11-5/h5-6H,1-4H2,(H,9,10)/t5-,6+. The van der Waals surface area contributed by atoms with Gasteiger partial charge < -0.3 is 14.7 Å². The highest BCUT2D eigenvalue weighted by Crippen LogP contribution is 2.25. The van der Waals surface area contributed by atoms with Gasteiger partial charge in [-0.2, -0.15) is 0 Å². The summed E-state index contributed by atoms with van der Waals surface area (Å²) in [5.74, 6) is 0. The van der Waals surface area contributed by atoms with Crippen molar-refractivity contribution in [2.24, 2.45) is 0 Å². The fourth-order valence-electron chi connectivity index (χ4n) is 1.77. The van der Waals surface area contributed by atoms with Crippen LogP contribution in [0.4, 0.5) is 4.79 Å². The van der Waals surface area contributed by atoms with Gasteiger partial charge in [0, 0.05) is 0 Å². The maximum absolute atomic E-state index is 10.5. The molecule has 1 N–H and O–H groups in total. The van der Waals surface area contributed by atoms with Gasteiger partial charge in [0.1, 0.15) is 0 Å². The summed E-state index contributed by atoms with van der Waals surface area (Å²) in [4.78, 5) is 12.0. The van der Waals surface area contributed by atoms with Gasteiger partial charge >= 0.3 is 6.09 Å². The Labute approximate surface area is 64.7 Å². The molecule has 2 rings (SSSR count). The molecule has 4 heteroatoms. The fraction of sp³-hybridized carbons (Fsp3) is 0.857. The molecular formula is C7H11NO3. The van der Waals surface area contributed by atoms with Crippen LogP contribution in [0.3, 0.4) is 0 Å². The Morgan fingerprint density at radius 1 is 1.36 bits per heavy atom. The number of amides is 1. The van der Waals surface area contributed by atoms with Crippen molar-refractivity contribution >= 4 is 6.09 Å². The molecule has 2 aliphatic heterocycles. The Hall–Kier alpha value is -0.770. The number of hydrogen-bond acceptors (Lipinski definition) is 2. The molecule has 2 bridgehead atoms. The number of fused-ring (bicyclic) bond motifs is 2. The minimum Gasteiger partial charge on any atom is -0.465 e. The minimum absolute atomic E-state index is 0.171. The quantitative estimate of drug-likeness (QED) is 0.558. The van der Waals surface area contributed by atoms with E-state index in [4.69, 9.17) is 9.84 Å². The molecule has 2 fully saturated rings. The smallest absolute Gasteiger partial charge is 0.407 e. The molecule has 62 valence electrons. The van der Waals surface area contributed by atoms with Gasteiger partial charge in [-0.25, -0.2) is 4.79 Å². The number of rotatable bonds is 0. The summed E-state index contributed by atoms with van der Waals surface area (Å²) in [7, 11) is 0. The molecule has 1 amide bonds. The number of hydrogen-bond donors (Lipinski definition) is 1. The zero-order chi connectivity index (χ0) is 7.84. The van der Waals surface area contributed by atoms with Gasteiger partial charge in [0.25, 0.3) is 0 Å². The Bertz CT molecular complexity index is 171.